The van der Waals surface area contributed by atoms with E-state index in [0.29, 0.717) is 29.9 Å². The zero-order valence-electron chi connectivity index (χ0n) is 15.7. The predicted molar refractivity (Wildman–Crippen MR) is 101 cm³/mol. The molecule has 0 bridgehead atoms. The first kappa shape index (κ1) is 20.0. The summed E-state index contributed by atoms with van der Waals surface area (Å²) in [7, 11) is 0. The molecule has 0 aliphatic carbocycles. The molecule has 1 aromatic carbocycles. The van der Waals surface area contributed by atoms with E-state index in [1.165, 1.54) is 13.0 Å². The number of rotatable bonds is 4. The molecule has 1 amide bonds. The normalized spacial score (nSPS) is 15.1. The van der Waals surface area contributed by atoms with Crippen molar-refractivity contribution in [2.75, 3.05) is 13.1 Å². The number of likely N-dealkylation sites (tertiary alicyclic amines) is 1. The third-order valence-corrected chi connectivity index (χ3v) is 4.67. The average molecular weight is 389 g/mol. The maximum atomic E-state index is 13.2. The number of nitrogens with zero attached hydrogens (tertiary/aromatic N) is 3. The number of aryl methyl sites for hydroxylation is 2. The number of pyridine rings is 1. The number of aliphatic imine (C=N–C) groups is 1. The Morgan fingerprint density at radius 1 is 1.07 bits per heavy atom. The summed E-state index contributed by atoms with van der Waals surface area (Å²) in [6, 6.07) is 11.9. The summed E-state index contributed by atoms with van der Waals surface area (Å²) < 4.78 is 39.7. The number of hydrogen-bond acceptors (Lipinski definition) is 2. The van der Waals surface area contributed by atoms with Gasteiger partial charge in [-0.1, -0.05) is 30.3 Å². The van der Waals surface area contributed by atoms with Crippen LogP contribution in [0.4, 0.5) is 13.2 Å². The first-order valence-corrected chi connectivity index (χ1v) is 9.30. The summed E-state index contributed by atoms with van der Waals surface area (Å²) >= 11 is 0. The summed E-state index contributed by atoms with van der Waals surface area (Å²) in [5.41, 5.74) is 0.897. The topological polar surface area (TPSA) is 45.6 Å². The molecule has 0 saturated carbocycles. The first-order valence-electron chi connectivity index (χ1n) is 9.30. The van der Waals surface area contributed by atoms with Crippen molar-refractivity contribution in [3.8, 4) is 0 Å². The lowest BCUT2D eigenvalue weighted by Gasteiger charge is -2.22. The Balaban J connectivity index is 2.01. The highest BCUT2D eigenvalue weighted by Gasteiger charge is 2.33. The van der Waals surface area contributed by atoms with Crippen molar-refractivity contribution < 1.29 is 18.0 Å². The monoisotopic (exact) mass is 389 g/mol. The van der Waals surface area contributed by atoms with E-state index in [1.54, 1.807) is 0 Å². The molecule has 3 rings (SSSR count). The van der Waals surface area contributed by atoms with E-state index in [-0.39, 0.29) is 5.91 Å². The van der Waals surface area contributed by atoms with Gasteiger partial charge in [0.2, 0.25) is 5.91 Å². The van der Waals surface area contributed by atoms with E-state index in [1.807, 2.05) is 35.2 Å². The molecule has 0 spiro atoms. The third kappa shape index (κ3) is 4.97. The summed E-state index contributed by atoms with van der Waals surface area (Å²) in [5, 5.41) is 0. The van der Waals surface area contributed by atoms with Crippen LogP contribution in [0.1, 0.15) is 42.3 Å². The Morgan fingerprint density at radius 2 is 1.75 bits per heavy atom. The summed E-state index contributed by atoms with van der Waals surface area (Å²) in [5.74, 6) is 0.0464. The summed E-state index contributed by atoms with van der Waals surface area (Å²) in [4.78, 5) is 21.7. The number of amides is 1. The molecule has 0 unspecified atom stereocenters. The second-order valence-corrected chi connectivity index (χ2v) is 6.82. The number of carbonyl (C=O) groups excluding carboxylic acids is 1. The van der Waals surface area contributed by atoms with Crippen molar-refractivity contribution in [2.45, 2.75) is 38.8 Å². The molecule has 1 fully saturated rings. The van der Waals surface area contributed by atoms with E-state index in [0.717, 1.165) is 37.6 Å². The van der Waals surface area contributed by atoms with Crippen LogP contribution in [0.15, 0.2) is 47.5 Å². The van der Waals surface area contributed by atoms with E-state index >= 15 is 0 Å². The molecule has 148 valence electrons. The molecule has 4 nitrogen and oxygen atoms in total. The molecule has 0 N–H and O–H groups in total. The maximum absolute atomic E-state index is 13.2. The van der Waals surface area contributed by atoms with Crippen LogP contribution < -0.4 is 0 Å². The van der Waals surface area contributed by atoms with Crippen LogP contribution in [-0.4, -0.2) is 34.7 Å². The summed E-state index contributed by atoms with van der Waals surface area (Å²) in [6.07, 6.45) is -1.72. The number of amidine groups is 1. The van der Waals surface area contributed by atoms with Crippen LogP contribution in [0.2, 0.25) is 0 Å². The number of alkyl halides is 3. The molecular formula is C21H22F3N3O. The molecule has 2 aromatic rings. The highest BCUT2D eigenvalue weighted by molar-refractivity contribution is 6.05. The van der Waals surface area contributed by atoms with Crippen LogP contribution in [-0.2, 0) is 23.8 Å². The Labute approximate surface area is 162 Å². The van der Waals surface area contributed by atoms with Gasteiger partial charge in [-0.3, -0.25) is 4.79 Å². The number of hydrogen-bond donors (Lipinski definition) is 0. The zero-order chi connectivity index (χ0) is 20.1. The van der Waals surface area contributed by atoms with Gasteiger partial charge in [0.05, 0.1) is 5.69 Å². The molecule has 0 atom stereocenters. The third-order valence-electron chi connectivity index (χ3n) is 4.67. The quantitative estimate of drug-likeness (QED) is 0.579. The lowest BCUT2D eigenvalue weighted by atomic mass is 10.0. The minimum Gasteiger partial charge on any atom is -0.356 e. The predicted octanol–water partition coefficient (Wildman–Crippen LogP) is 4.27. The van der Waals surface area contributed by atoms with Gasteiger partial charge >= 0.3 is 6.18 Å². The fourth-order valence-electron chi connectivity index (χ4n) is 3.34. The molecule has 1 aliphatic rings. The highest BCUT2D eigenvalue weighted by Crippen LogP contribution is 2.29. The number of carbonyl (C=O) groups is 1. The van der Waals surface area contributed by atoms with Crippen molar-refractivity contribution in [3.05, 3.63) is 65.0 Å². The minimum atomic E-state index is -4.52. The average Bonchev–Trinajstić information content (AvgIpc) is 3.19. The minimum absolute atomic E-state index is 0.311. The van der Waals surface area contributed by atoms with Crippen molar-refractivity contribution in [2.24, 2.45) is 4.99 Å². The molecule has 1 saturated heterocycles. The van der Waals surface area contributed by atoms with Gasteiger partial charge in [-0.15, -0.1) is 0 Å². The van der Waals surface area contributed by atoms with Crippen molar-refractivity contribution in [3.63, 3.8) is 0 Å². The van der Waals surface area contributed by atoms with E-state index in [2.05, 4.69) is 9.98 Å². The smallest absolute Gasteiger partial charge is 0.356 e. The molecule has 28 heavy (non-hydrogen) atoms. The van der Waals surface area contributed by atoms with Crippen LogP contribution in [0.5, 0.6) is 0 Å². The fraction of sp³-hybridized carbons (Fsp3) is 0.381. The van der Waals surface area contributed by atoms with Crippen LogP contribution in [0, 0.1) is 0 Å². The zero-order valence-corrected chi connectivity index (χ0v) is 15.7. The molecule has 2 heterocycles. The van der Waals surface area contributed by atoms with E-state index in [4.69, 9.17) is 0 Å². The van der Waals surface area contributed by atoms with Gasteiger partial charge in [0.1, 0.15) is 11.5 Å². The van der Waals surface area contributed by atoms with Crippen LogP contribution >= 0.6 is 0 Å². The van der Waals surface area contributed by atoms with Gasteiger partial charge in [-0.05, 0) is 43.4 Å². The molecule has 1 aliphatic heterocycles. The first-order chi connectivity index (χ1) is 13.3. The maximum Gasteiger partial charge on any atom is 0.433 e. The van der Waals surface area contributed by atoms with Crippen molar-refractivity contribution in [1.29, 1.82) is 0 Å². The molecule has 0 radical (unpaired) electrons. The highest BCUT2D eigenvalue weighted by atomic mass is 19.4. The van der Waals surface area contributed by atoms with Gasteiger partial charge in [-0.2, -0.15) is 18.2 Å². The van der Waals surface area contributed by atoms with E-state index < -0.39 is 11.9 Å². The SMILES string of the molecule is CC(=O)/N=C(\c1ccc(C(F)(F)F)nc1CCc1ccccc1)N1CCCC1. The summed E-state index contributed by atoms with van der Waals surface area (Å²) in [6.45, 7) is 2.80. The van der Waals surface area contributed by atoms with Crippen molar-refractivity contribution in [1.82, 2.24) is 9.88 Å². The molecule has 7 heteroatoms. The number of aromatic nitrogens is 1. The van der Waals surface area contributed by atoms with Gasteiger partial charge in [-0.25, -0.2) is 4.98 Å². The largest absolute Gasteiger partial charge is 0.433 e. The van der Waals surface area contributed by atoms with Gasteiger partial charge in [0.25, 0.3) is 0 Å². The van der Waals surface area contributed by atoms with Crippen LogP contribution in [0.25, 0.3) is 0 Å². The standard InChI is InChI=1S/C21H22F3N3O/c1-15(28)25-20(27-13-5-6-14-27)17-10-12-19(21(22,23)24)26-18(17)11-9-16-7-3-2-4-8-16/h2-4,7-8,10,12H,5-6,9,11,13-14H2,1H3/b25-20+. The fourth-order valence-corrected chi connectivity index (χ4v) is 3.34. The lowest BCUT2D eigenvalue weighted by Crippen LogP contribution is -2.31. The van der Waals surface area contributed by atoms with Crippen LogP contribution in [0.3, 0.4) is 0 Å². The Bertz CT molecular complexity index is 857. The molecular weight excluding hydrogens is 367 g/mol. The van der Waals surface area contributed by atoms with Gasteiger partial charge < -0.3 is 4.90 Å². The van der Waals surface area contributed by atoms with Gasteiger partial charge in [0, 0.05) is 25.6 Å². The Morgan fingerprint density at radius 3 is 2.36 bits per heavy atom. The second-order valence-electron chi connectivity index (χ2n) is 6.82. The molecule has 1 aromatic heterocycles. The second kappa shape index (κ2) is 8.54. The van der Waals surface area contributed by atoms with Crippen molar-refractivity contribution >= 4 is 11.7 Å². The van der Waals surface area contributed by atoms with E-state index in [9.17, 15) is 18.0 Å². The Kier molecular flexibility index (Phi) is 6.11. The Hall–Kier alpha value is -2.70. The van der Waals surface area contributed by atoms with Gasteiger partial charge in [0.15, 0.2) is 0 Å². The number of benzene rings is 1. The lowest BCUT2D eigenvalue weighted by molar-refractivity contribution is -0.141. The number of halogens is 3.